The number of aliphatic hydroxyl groups is 1. The Hall–Kier alpha value is -1.76. The number of carbonyl (C=O) groups is 1. The molecule has 1 atom stereocenters. The number of rotatable bonds is 3. The van der Waals surface area contributed by atoms with Gasteiger partial charge >= 0.3 is 6.09 Å². The van der Waals surface area contributed by atoms with Crippen LogP contribution < -0.4 is 4.90 Å². The van der Waals surface area contributed by atoms with Crippen molar-refractivity contribution in [1.29, 1.82) is 0 Å². The molecule has 1 N–H and O–H groups in total. The van der Waals surface area contributed by atoms with Crippen LogP contribution in [0.2, 0.25) is 0 Å². The molecule has 1 spiro atoms. The van der Waals surface area contributed by atoms with Crippen LogP contribution in [0.3, 0.4) is 0 Å². The molecule has 2 saturated heterocycles. The van der Waals surface area contributed by atoms with E-state index in [4.69, 9.17) is 9.84 Å². The number of nitrogens with zero attached hydrogens (tertiary/aromatic N) is 4. The van der Waals surface area contributed by atoms with E-state index < -0.39 is 5.60 Å². The molecular formula is C23H38N4O3. The summed E-state index contributed by atoms with van der Waals surface area (Å²) in [5.74, 6) is 1.44. The number of anilines is 1. The van der Waals surface area contributed by atoms with Gasteiger partial charge in [-0.25, -0.2) is 4.79 Å². The van der Waals surface area contributed by atoms with Gasteiger partial charge in [-0.15, -0.1) is 0 Å². The first kappa shape index (κ1) is 21.5. The van der Waals surface area contributed by atoms with Gasteiger partial charge in [0.15, 0.2) is 5.82 Å². The van der Waals surface area contributed by atoms with Gasteiger partial charge in [-0.1, -0.05) is 0 Å². The zero-order valence-corrected chi connectivity index (χ0v) is 19.4. The first-order chi connectivity index (χ1) is 13.9. The zero-order valence-electron chi connectivity index (χ0n) is 19.4. The summed E-state index contributed by atoms with van der Waals surface area (Å²) in [5.41, 5.74) is 1.01. The van der Waals surface area contributed by atoms with E-state index >= 15 is 0 Å². The lowest BCUT2D eigenvalue weighted by atomic mass is 9.61. The summed E-state index contributed by atoms with van der Waals surface area (Å²) in [7, 11) is 0. The fraction of sp³-hybridized carbons (Fsp3) is 0.826. The third-order valence-electron chi connectivity index (χ3n) is 7.11. The fourth-order valence-corrected chi connectivity index (χ4v) is 5.68. The molecule has 1 saturated carbocycles. The van der Waals surface area contributed by atoms with Crippen molar-refractivity contribution in [3.63, 3.8) is 0 Å². The second-order valence-electron chi connectivity index (χ2n) is 11.5. The molecule has 0 bridgehead atoms. The van der Waals surface area contributed by atoms with Gasteiger partial charge in [0, 0.05) is 49.0 Å². The number of hydrogen-bond acceptors (Lipinski definition) is 5. The SMILES string of the molecule is Cc1cc(N2CCC(CO)CC2(C)C)nn1C1CC2(C1)CN(C(=O)OC(C)(C)C)C2. The Bertz CT molecular complexity index is 796. The Morgan fingerprint density at radius 1 is 1.27 bits per heavy atom. The normalized spacial score (nSPS) is 25.8. The summed E-state index contributed by atoms with van der Waals surface area (Å²) in [6, 6.07) is 2.62. The number of aliphatic hydroxyl groups excluding tert-OH is 1. The number of piperidine rings is 1. The molecule has 168 valence electrons. The van der Waals surface area contributed by atoms with Crippen LogP contribution in [0.25, 0.3) is 0 Å². The summed E-state index contributed by atoms with van der Waals surface area (Å²) in [5, 5.41) is 14.6. The van der Waals surface area contributed by atoms with E-state index in [-0.39, 0.29) is 23.7 Å². The van der Waals surface area contributed by atoms with E-state index in [1.165, 1.54) is 5.69 Å². The standard InChI is InChI=1S/C23H38N4O3/c1-16-9-19(26-8-7-17(13-28)10-22(26,5)6)24-27(16)18-11-23(12-18)14-25(15-23)20(29)30-21(2,3)4/h9,17-18,28H,7-8,10-15H2,1-6H3. The Kier molecular flexibility index (Phi) is 5.11. The number of ether oxygens (including phenoxy) is 1. The molecule has 3 fully saturated rings. The molecule has 0 aromatic carbocycles. The van der Waals surface area contributed by atoms with Gasteiger partial charge in [0.2, 0.25) is 0 Å². The Labute approximate surface area is 180 Å². The van der Waals surface area contributed by atoms with Crippen LogP contribution in [0, 0.1) is 18.3 Å². The Morgan fingerprint density at radius 3 is 2.50 bits per heavy atom. The van der Waals surface area contributed by atoms with Crippen LogP contribution in [0.4, 0.5) is 10.6 Å². The average Bonchev–Trinajstić information content (AvgIpc) is 2.90. The highest BCUT2D eigenvalue weighted by Gasteiger charge is 2.55. The van der Waals surface area contributed by atoms with Crippen molar-refractivity contribution in [3.05, 3.63) is 11.8 Å². The van der Waals surface area contributed by atoms with E-state index in [2.05, 4.69) is 36.4 Å². The van der Waals surface area contributed by atoms with E-state index in [0.29, 0.717) is 12.0 Å². The fourth-order valence-electron chi connectivity index (χ4n) is 5.68. The van der Waals surface area contributed by atoms with Crippen molar-refractivity contribution >= 4 is 11.9 Å². The smallest absolute Gasteiger partial charge is 0.410 e. The van der Waals surface area contributed by atoms with Crippen LogP contribution in [-0.2, 0) is 4.74 Å². The van der Waals surface area contributed by atoms with Crippen LogP contribution in [0.15, 0.2) is 6.07 Å². The van der Waals surface area contributed by atoms with Gasteiger partial charge in [-0.05, 0) is 73.1 Å². The molecule has 7 heteroatoms. The molecule has 2 aliphatic heterocycles. The minimum Gasteiger partial charge on any atom is -0.444 e. The molecular weight excluding hydrogens is 380 g/mol. The number of likely N-dealkylation sites (tertiary alicyclic amines) is 1. The van der Waals surface area contributed by atoms with E-state index in [1.807, 2.05) is 25.7 Å². The Balaban J connectivity index is 1.36. The van der Waals surface area contributed by atoms with E-state index in [9.17, 15) is 9.90 Å². The molecule has 30 heavy (non-hydrogen) atoms. The van der Waals surface area contributed by atoms with Gasteiger partial charge in [-0.2, -0.15) is 5.10 Å². The highest BCUT2D eigenvalue weighted by atomic mass is 16.6. The van der Waals surface area contributed by atoms with E-state index in [1.54, 1.807) is 0 Å². The molecule has 1 amide bonds. The third-order valence-corrected chi connectivity index (χ3v) is 7.11. The quantitative estimate of drug-likeness (QED) is 0.809. The largest absolute Gasteiger partial charge is 0.444 e. The average molecular weight is 419 g/mol. The maximum atomic E-state index is 12.2. The summed E-state index contributed by atoms with van der Waals surface area (Å²) in [6.07, 6.45) is 3.96. The Morgan fingerprint density at radius 2 is 1.93 bits per heavy atom. The lowest BCUT2D eigenvalue weighted by Crippen LogP contribution is -2.64. The highest BCUT2D eigenvalue weighted by Crippen LogP contribution is 2.54. The van der Waals surface area contributed by atoms with Crippen molar-refractivity contribution in [2.24, 2.45) is 11.3 Å². The second-order valence-corrected chi connectivity index (χ2v) is 11.5. The lowest BCUT2D eigenvalue weighted by molar-refractivity contribution is -0.0930. The predicted molar refractivity (Wildman–Crippen MR) is 117 cm³/mol. The van der Waals surface area contributed by atoms with Crippen LogP contribution >= 0.6 is 0 Å². The van der Waals surface area contributed by atoms with Crippen molar-refractivity contribution < 1.29 is 14.6 Å². The van der Waals surface area contributed by atoms with Gasteiger partial charge in [0.1, 0.15) is 5.60 Å². The van der Waals surface area contributed by atoms with Crippen LogP contribution in [0.5, 0.6) is 0 Å². The predicted octanol–water partition coefficient (Wildman–Crippen LogP) is 3.75. The number of amides is 1. The third kappa shape index (κ3) is 3.93. The molecule has 3 aliphatic rings. The van der Waals surface area contributed by atoms with Crippen molar-refractivity contribution in [2.75, 3.05) is 31.1 Å². The minimum atomic E-state index is -0.440. The second kappa shape index (κ2) is 7.14. The molecule has 7 nitrogen and oxygen atoms in total. The lowest BCUT2D eigenvalue weighted by Gasteiger charge is -2.58. The summed E-state index contributed by atoms with van der Waals surface area (Å²) < 4.78 is 7.69. The topological polar surface area (TPSA) is 70.8 Å². The molecule has 1 aromatic heterocycles. The summed E-state index contributed by atoms with van der Waals surface area (Å²) >= 11 is 0. The van der Waals surface area contributed by atoms with Crippen molar-refractivity contribution in [3.8, 4) is 0 Å². The summed E-state index contributed by atoms with van der Waals surface area (Å²) in [6.45, 7) is 15.2. The summed E-state index contributed by atoms with van der Waals surface area (Å²) in [4.78, 5) is 16.5. The monoisotopic (exact) mass is 418 g/mol. The van der Waals surface area contributed by atoms with E-state index in [0.717, 1.165) is 51.1 Å². The molecule has 3 heterocycles. The van der Waals surface area contributed by atoms with Crippen LogP contribution in [-0.4, -0.2) is 63.3 Å². The number of hydrogen-bond donors (Lipinski definition) is 1. The molecule has 1 aromatic rings. The van der Waals surface area contributed by atoms with Crippen LogP contribution in [0.1, 0.15) is 72.0 Å². The number of aromatic nitrogens is 2. The van der Waals surface area contributed by atoms with Gasteiger partial charge in [-0.3, -0.25) is 4.68 Å². The molecule has 1 aliphatic carbocycles. The first-order valence-corrected chi connectivity index (χ1v) is 11.3. The van der Waals surface area contributed by atoms with Crippen molar-refractivity contribution in [1.82, 2.24) is 14.7 Å². The number of aryl methyl sites for hydroxylation is 1. The maximum absolute atomic E-state index is 12.2. The highest BCUT2D eigenvalue weighted by molar-refractivity contribution is 5.69. The maximum Gasteiger partial charge on any atom is 0.410 e. The van der Waals surface area contributed by atoms with Gasteiger partial charge in [0.05, 0.1) is 6.04 Å². The molecule has 0 radical (unpaired) electrons. The number of carbonyl (C=O) groups excluding carboxylic acids is 1. The molecule has 4 rings (SSSR count). The van der Waals surface area contributed by atoms with Gasteiger partial charge < -0.3 is 19.6 Å². The van der Waals surface area contributed by atoms with Crippen molar-refractivity contribution in [2.45, 2.75) is 84.4 Å². The molecule has 1 unspecified atom stereocenters. The zero-order chi connectivity index (χ0) is 21.9. The van der Waals surface area contributed by atoms with Gasteiger partial charge in [0.25, 0.3) is 0 Å². The minimum absolute atomic E-state index is 0.00000374. The first-order valence-electron chi connectivity index (χ1n) is 11.3.